The van der Waals surface area contributed by atoms with Gasteiger partial charge in [-0.15, -0.1) is 0 Å². The Morgan fingerprint density at radius 3 is 2.39 bits per heavy atom. The zero-order chi connectivity index (χ0) is 20.1. The van der Waals surface area contributed by atoms with Gasteiger partial charge in [-0.3, -0.25) is 4.79 Å². The van der Waals surface area contributed by atoms with Gasteiger partial charge >= 0.3 is 0 Å². The standard InChI is InChI=1S/C21H28N4O3/c1-14(2)5-7-22-21-23-11-17(12-24-21)20(26)25-8-6-15-9-18(27-3)19(28-4)10-16(15)13-25/h9-12,14H,5-8,13H2,1-4H3,(H,22,23,24). The number of fused-ring (bicyclic) bond motifs is 1. The van der Waals surface area contributed by atoms with Crippen LogP contribution in [0.1, 0.15) is 41.8 Å². The number of aromatic nitrogens is 2. The Labute approximate surface area is 166 Å². The minimum absolute atomic E-state index is 0.0610. The molecule has 0 radical (unpaired) electrons. The zero-order valence-electron chi connectivity index (χ0n) is 17.0. The largest absolute Gasteiger partial charge is 0.493 e. The number of hydrogen-bond donors (Lipinski definition) is 1. The average molecular weight is 384 g/mol. The van der Waals surface area contributed by atoms with Crippen molar-refractivity contribution in [2.75, 3.05) is 32.6 Å². The smallest absolute Gasteiger partial charge is 0.257 e. The van der Waals surface area contributed by atoms with Crippen molar-refractivity contribution in [3.63, 3.8) is 0 Å². The van der Waals surface area contributed by atoms with Gasteiger partial charge in [-0.25, -0.2) is 9.97 Å². The number of nitrogens with zero attached hydrogens (tertiary/aromatic N) is 3. The Balaban J connectivity index is 1.67. The molecular weight excluding hydrogens is 356 g/mol. The number of amides is 1. The van der Waals surface area contributed by atoms with Gasteiger partial charge in [0, 0.05) is 32.0 Å². The van der Waals surface area contributed by atoms with Crippen LogP contribution in [-0.4, -0.2) is 48.1 Å². The van der Waals surface area contributed by atoms with E-state index in [2.05, 4.69) is 29.1 Å². The third-order valence-electron chi connectivity index (χ3n) is 4.91. The lowest BCUT2D eigenvalue weighted by molar-refractivity contribution is 0.0733. The number of methoxy groups -OCH3 is 2. The van der Waals surface area contributed by atoms with Crippen molar-refractivity contribution in [3.05, 3.63) is 41.2 Å². The van der Waals surface area contributed by atoms with Crippen molar-refractivity contribution in [1.29, 1.82) is 0 Å². The van der Waals surface area contributed by atoms with Gasteiger partial charge in [-0.05, 0) is 42.0 Å². The second kappa shape index (κ2) is 8.91. The van der Waals surface area contributed by atoms with Crippen LogP contribution in [0.4, 0.5) is 5.95 Å². The van der Waals surface area contributed by atoms with Gasteiger partial charge in [-0.2, -0.15) is 0 Å². The van der Waals surface area contributed by atoms with E-state index in [9.17, 15) is 4.79 Å². The van der Waals surface area contributed by atoms with E-state index in [4.69, 9.17) is 9.47 Å². The molecule has 0 fully saturated rings. The maximum absolute atomic E-state index is 12.9. The van der Waals surface area contributed by atoms with Crippen LogP contribution in [0, 0.1) is 5.92 Å². The molecule has 0 bridgehead atoms. The molecular formula is C21H28N4O3. The average Bonchev–Trinajstić information content (AvgIpc) is 2.72. The van der Waals surface area contributed by atoms with Crippen molar-refractivity contribution in [3.8, 4) is 11.5 Å². The minimum Gasteiger partial charge on any atom is -0.493 e. The Kier molecular flexibility index (Phi) is 6.34. The van der Waals surface area contributed by atoms with Crippen molar-refractivity contribution in [2.24, 2.45) is 5.92 Å². The van der Waals surface area contributed by atoms with Crippen LogP contribution < -0.4 is 14.8 Å². The summed E-state index contributed by atoms with van der Waals surface area (Å²) >= 11 is 0. The van der Waals surface area contributed by atoms with Gasteiger partial charge in [0.15, 0.2) is 11.5 Å². The van der Waals surface area contributed by atoms with E-state index >= 15 is 0 Å². The molecule has 0 atom stereocenters. The first kappa shape index (κ1) is 19.9. The summed E-state index contributed by atoms with van der Waals surface area (Å²) in [6.45, 7) is 6.34. The van der Waals surface area contributed by atoms with Crippen LogP contribution in [0.25, 0.3) is 0 Å². The summed E-state index contributed by atoms with van der Waals surface area (Å²) in [6, 6.07) is 3.95. The molecule has 0 unspecified atom stereocenters. The molecule has 2 heterocycles. The van der Waals surface area contributed by atoms with E-state index in [1.54, 1.807) is 26.6 Å². The van der Waals surface area contributed by atoms with E-state index in [-0.39, 0.29) is 5.91 Å². The molecule has 28 heavy (non-hydrogen) atoms. The highest BCUT2D eigenvalue weighted by atomic mass is 16.5. The number of rotatable bonds is 7. The lowest BCUT2D eigenvalue weighted by Gasteiger charge is -2.29. The number of anilines is 1. The second-order valence-electron chi connectivity index (χ2n) is 7.36. The molecule has 7 heteroatoms. The molecule has 2 aromatic rings. The summed E-state index contributed by atoms with van der Waals surface area (Å²) in [5.74, 6) is 2.51. The molecule has 7 nitrogen and oxygen atoms in total. The van der Waals surface area contributed by atoms with Gasteiger partial charge < -0.3 is 19.7 Å². The van der Waals surface area contributed by atoms with E-state index in [0.29, 0.717) is 36.3 Å². The monoisotopic (exact) mass is 384 g/mol. The topological polar surface area (TPSA) is 76.6 Å². The highest BCUT2D eigenvalue weighted by molar-refractivity contribution is 5.93. The van der Waals surface area contributed by atoms with Gasteiger partial charge in [0.2, 0.25) is 5.95 Å². The molecule has 0 saturated heterocycles. The Morgan fingerprint density at radius 1 is 1.14 bits per heavy atom. The number of carbonyl (C=O) groups is 1. The lowest BCUT2D eigenvalue weighted by Crippen LogP contribution is -2.36. The van der Waals surface area contributed by atoms with E-state index in [1.165, 1.54) is 5.56 Å². The van der Waals surface area contributed by atoms with Gasteiger partial charge in [0.25, 0.3) is 5.91 Å². The van der Waals surface area contributed by atoms with E-state index < -0.39 is 0 Å². The molecule has 1 aliphatic rings. The van der Waals surface area contributed by atoms with Crippen LogP contribution >= 0.6 is 0 Å². The zero-order valence-corrected chi connectivity index (χ0v) is 17.0. The molecule has 1 N–H and O–H groups in total. The fourth-order valence-electron chi connectivity index (χ4n) is 3.24. The molecule has 1 aromatic carbocycles. The third-order valence-corrected chi connectivity index (χ3v) is 4.91. The highest BCUT2D eigenvalue weighted by Gasteiger charge is 2.24. The molecule has 1 amide bonds. The summed E-state index contributed by atoms with van der Waals surface area (Å²) < 4.78 is 10.8. The Bertz CT molecular complexity index is 821. The van der Waals surface area contributed by atoms with Crippen molar-refractivity contribution in [2.45, 2.75) is 33.2 Å². The molecule has 150 valence electrons. The normalized spacial score (nSPS) is 13.2. The maximum Gasteiger partial charge on any atom is 0.257 e. The summed E-state index contributed by atoms with van der Waals surface area (Å²) in [6.07, 6.45) is 5.01. The van der Waals surface area contributed by atoms with E-state index in [1.807, 2.05) is 17.0 Å². The van der Waals surface area contributed by atoms with Crippen LogP contribution in [-0.2, 0) is 13.0 Å². The first-order chi connectivity index (χ1) is 13.5. The number of benzene rings is 1. The maximum atomic E-state index is 12.9. The first-order valence-corrected chi connectivity index (χ1v) is 9.60. The van der Waals surface area contributed by atoms with Gasteiger partial charge in [0.1, 0.15) is 0 Å². The molecule has 3 rings (SSSR count). The lowest BCUT2D eigenvalue weighted by atomic mass is 9.98. The fraction of sp³-hybridized carbons (Fsp3) is 0.476. The molecule has 1 aliphatic heterocycles. The minimum atomic E-state index is -0.0610. The number of nitrogens with one attached hydrogen (secondary N) is 1. The number of hydrogen-bond acceptors (Lipinski definition) is 6. The number of carbonyl (C=O) groups excluding carboxylic acids is 1. The highest BCUT2D eigenvalue weighted by Crippen LogP contribution is 2.33. The van der Waals surface area contributed by atoms with Crippen LogP contribution in [0.15, 0.2) is 24.5 Å². The fourth-order valence-corrected chi connectivity index (χ4v) is 3.24. The van der Waals surface area contributed by atoms with Crippen molar-refractivity contribution >= 4 is 11.9 Å². The molecule has 1 aromatic heterocycles. The third kappa shape index (κ3) is 4.52. The molecule has 0 spiro atoms. The molecule has 0 saturated carbocycles. The SMILES string of the molecule is COc1cc2c(cc1OC)CN(C(=O)c1cnc(NCCC(C)C)nc1)CC2. The Morgan fingerprint density at radius 2 is 1.79 bits per heavy atom. The predicted molar refractivity (Wildman–Crippen MR) is 108 cm³/mol. The van der Waals surface area contributed by atoms with Crippen molar-refractivity contribution < 1.29 is 14.3 Å². The van der Waals surface area contributed by atoms with Gasteiger partial charge in [0.05, 0.1) is 19.8 Å². The van der Waals surface area contributed by atoms with E-state index in [0.717, 1.165) is 30.7 Å². The predicted octanol–water partition coefficient (Wildman–Crippen LogP) is 3.15. The van der Waals surface area contributed by atoms with Crippen LogP contribution in [0.3, 0.4) is 0 Å². The quantitative estimate of drug-likeness (QED) is 0.790. The van der Waals surface area contributed by atoms with Gasteiger partial charge in [-0.1, -0.05) is 13.8 Å². The van der Waals surface area contributed by atoms with Crippen molar-refractivity contribution in [1.82, 2.24) is 14.9 Å². The summed E-state index contributed by atoms with van der Waals surface area (Å²) in [7, 11) is 3.24. The Hall–Kier alpha value is -2.83. The summed E-state index contributed by atoms with van der Waals surface area (Å²) in [5.41, 5.74) is 2.76. The summed E-state index contributed by atoms with van der Waals surface area (Å²) in [5, 5.41) is 3.19. The molecule has 0 aliphatic carbocycles. The van der Waals surface area contributed by atoms with Crippen LogP contribution in [0.5, 0.6) is 11.5 Å². The number of ether oxygens (including phenoxy) is 2. The second-order valence-corrected chi connectivity index (χ2v) is 7.36. The van der Waals surface area contributed by atoms with Crippen LogP contribution in [0.2, 0.25) is 0 Å². The first-order valence-electron chi connectivity index (χ1n) is 9.60. The summed E-state index contributed by atoms with van der Waals surface area (Å²) in [4.78, 5) is 23.2.